The van der Waals surface area contributed by atoms with E-state index in [1.54, 1.807) is 0 Å². The van der Waals surface area contributed by atoms with Crippen molar-refractivity contribution in [2.24, 2.45) is 11.8 Å². The predicted octanol–water partition coefficient (Wildman–Crippen LogP) is 5.15. The maximum atomic E-state index is 11.8. The van der Waals surface area contributed by atoms with Crippen molar-refractivity contribution in [1.29, 1.82) is 0 Å². The van der Waals surface area contributed by atoms with Gasteiger partial charge in [-0.25, -0.2) is 9.59 Å². The first-order valence-electron chi connectivity index (χ1n) is 9.73. The second-order valence-corrected chi connectivity index (χ2v) is 8.37. The number of rotatable bonds is 13. The Bertz CT molecular complexity index is 390. The van der Waals surface area contributed by atoms with E-state index in [0.29, 0.717) is 12.8 Å². The van der Waals surface area contributed by atoms with Gasteiger partial charge in [0, 0.05) is 0 Å². The molecule has 2 atom stereocenters. The average Bonchev–Trinajstić information content (AvgIpc) is 2.56. The normalized spacial score (nSPS) is 14.6. The van der Waals surface area contributed by atoms with Gasteiger partial charge in [0.05, 0.1) is 11.8 Å². The van der Waals surface area contributed by atoms with Gasteiger partial charge in [-0.05, 0) is 53.4 Å². The minimum Gasteiger partial charge on any atom is -0.298 e. The standard InChI is InChI=1S/C20H38O6/c1-9-11-15(3)17(21)23-25-19(5,6)13-14-20(7,8)26-24-18(22)16(4)12-10-2/h15-16H,9-14H2,1-8H3. The first-order chi connectivity index (χ1) is 11.9. The van der Waals surface area contributed by atoms with Crippen LogP contribution in [0.1, 0.15) is 93.9 Å². The van der Waals surface area contributed by atoms with Crippen LogP contribution in [0, 0.1) is 11.8 Å². The van der Waals surface area contributed by atoms with Crippen molar-refractivity contribution in [2.45, 2.75) is 105 Å². The quantitative estimate of drug-likeness (QED) is 0.328. The van der Waals surface area contributed by atoms with E-state index in [1.165, 1.54) is 0 Å². The third-order valence-corrected chi connectivity index (χ3v) is 4.28. The molecule has 0 aliphatic heterocycles. The first kappa shape index (κ1) is 24.9. The summed E-state index contributed by atoms with van der Waals surface area (Å²) in [5.74, 6) is -1.07. The Balaban J connectivity index is 4.33. The van der Waals surface area contributed by atoms with E-state index in [9.17, 15) is 9.59 Å². The molecular weight excluding hydrogens is 336 g/mol. The van der Waals surface area contributed by atoms with E-state index >= 15 is 0 Å². The average molecular weight is 375 g/mol. The molecule has 154 valence electrons. The van der Waals surface area contributed by atoms with E-state index in [-0.39, 0.29) is 23.8 Å². The molecule has 0 spiro atoms. The van der Waals surface area contributed by atoms with E-state index < -0.39 is 11.2 Å². The molecule has 0 saturated heterocycles. The minimum absolute atomic E-state index is 0.180. The summed E-state index contributed by atoms with van der Waals surface area (Å²) in [6.07, 6.45) is 4.51. The van der Waals surface area contributed by atoms with Crippen molar-refractivity contribution in [2.75, 3.05) is 0 Å². The van der Waals surface area contributed by atoms with E-state index in [1.807, 2.05) is 55.4 Å². The van der Waals surface area contributed by atoms with Crippen LogP contribution in [-0.4, -0.2) is 23.1 Å². The van der Waals surface area contributed by atoms with Gasteiger partial charge in [0.15, 0.2) is 0 Å². The Hall–Kier alpha value is -1.14. The van der Waals surface area contributed by atoms with Crippen LogP contribution in [0.15, 0.2) is 0 Å². The summed E-state index contributed by atoms with van der Waals surface area (Å²) in [6, 6.07) is 0. The molecule has 0 aromatic carbocycles. The van der Waals surface area contributed by atoms with Gasteiger partial charge in [0.2, 0.25) is 0 Å². The van der Waals surface area contributed by atoms with Gasteiger partial charge in [-0.3, -0.25) is 9.78 Å². The molecule has 0 heterocycles. The van der Waals surface area contributed by atoms with E-state index in [0.717, 1.165) is 25.7 Å². The van der Waals surface area contributed by atoms with Gasteiger partial charge in [-0.2, -0.15) is 9.78 Å². The SMILES string of the molecule is CCCC(C)C(=O)OOC(C)(C)CCC(C)(C)OOC(=O)C(C)CCC. The maximum Gasteiger partial charge on any atom is 0.345 e. The van der Waals surface area contributed by atoms with Crippen LogP contribution in [-0.2, 0) is 29.1 Å². The summed E-state index contributed by atoms with van der Waals surface area (Å²) >= 11 is 0. The highest BCUT2D eigenvalue weighted by molar-refractivity contribution is 5.71. The molecule has 0 aromatic rings. The third kappa shape index (κ3) is 10.8. The molecule has 0 aromatic heterocycles. The van der Waals surface area contributed by atoms with Crippen molar-refractivity contribution in [3.63, 3.8) is 0 Å². The minimum atomic E-state index is -0.665. The number of carbonyl (C=O) groups is 2. The fourth-order valence-corrected chi connectivity index (χ4v) is 2.26. The maximum absolute atomic E-state index is 11.8. The molecule has 2 unspecified atom stereocenters. The number of hydrogen-bond donors (Lipinski definition) is 0. The monoisotopic (exact) mass is 374 g/mol. The van der Waals surface area contributed by atoms with Crippen molar-refractivity contribution in [3.05, 3.63) is 0 Å². The summed E-state index contributed by atoms with van der Waals surface area (Å²) in [5.41, 5.74) is -1.33. The third-order valence-electron chi connectivity index (χ3n) is 4.28. The molecular formula is C20H38O6. The lowest BCUT2D eigenvalue weighted by Gasteiger charge is -2.29. The highest BCUT2D eigenvalue weighted by atomic mass is 17.2. The van der Waals surface area contributed by atoms with Gasteiger partial charge in [0.1, 0.15) is 11.2 Å². The summed E-state index contributed by atoms with van der Waals surface area (Å²) in [5, 5.41) is 0. The Morgan fingerprint density at radius 1 is 0.731 bits per heavy atom. The van der Waals surface area contributed by atoms with Crippen molar-refractivity contribution < 1.29 is 29.1 Å². The van der Waals surface area contributed by atoms with Crippen LogP contribution < -0.4 is 0 Å². The zero-order valence-electron chi connectivity index (χ0n) is 17.8. The van der Waals surface area contributed by atoms with E-state index in [2.05, 4.69) is 0 Å². The molecule has 0 fully saturated rings. The Morgan fingerprint density at radius 2 is 1.04 bits per heavy atom. The van der Waals surface area contributed by atoms with Crippen LogP contribution >= 0.6 is 0 Å². The predicted molar refractivity (Wildman–Crippen MR) is 99.9 cm³/mol. The molecule has 6 heteroatoms. The molecule has 0 saturated carbocycles. The van der Waals surface area contributed by atoms with Gasteiger partial charge in [0.25, 0.3) is 0 Å². The van der Waals surface area contributed by atoms with Crippen molar-refractivity contribution >= 4 is 11.9 Å². The first-order valence-corrected chi connectivity index (χ1v) is 9.73. The molecule has 26 heavy (non-hydrogen) atoms. The summed E-state index contributed by atoms with van der Waals surface area (Å²) < 4.78 is 0. The highest BCUT2D eigenvalue weighted by Crippen LogP contribution is 2.26. The van der Waals surface area contributed by atoms with Gasteiger partial charge < -0.3 is 0 Å². The molecule has 0 N–H and O–H groups in total. The Labute approximate surface area is 158 Å². The fourth-order valence-electron chi connectivity index (χ4n) is 2.26. The number of carbonyl (C=O) groups excluding carboxylic acids is 2. The second-order valence-electron chi connectivity index (χ2n) is 8.37. The molecule has 0 amide bonds. The summed E-state index contributed by atoms with van der Waals surface area (Å²) in [6.45, 7) is 15.1. The molecule has 0 rings (SSSR count). The van der Waals surface area contributed by atoms with Gasteiger partial charge in [-0.15, -0.1) is 0 Å². The van der Waals surface area contributed by atoms with Crippen LogP contribution in [0.3, 0.4) is 0 Å². The smallest absolute Gasteiger partial charge is 0.298 e. The van der Waals surface area contributed by atoms with Gasteiger partial charge >= 0.3 is 11.9 Å². The van der Waals surface area contributed by atoms with Crippen LogP contribution in [0.4, 0.5) is 0 Å². The van der Waals surface area contributed by atoms with E-state index in [4.69, 9.17) is 19.6 Å². The lowest BCUT2D eigenvalue weighted by Crippen LogP contribution is -2.33. The summed E-state index contributed by atoms with van der Waals surface area (Å²) in [7, 11) is 0. The summed E-state index contributed by atoms with van der Waals surface area (Å²) in [4.78, 5) is 44.3. The highest BCUT2D eigenvalue weighted by Gasteiger charge is 2.30. The number of hydrogen-bond acceptors (Lipinski definition) is 6. The Morgan fingerprint density at radius 3 is 1.31 bits per heavy atom. The van der Waals surface area contributed by atoms with Gasteiger partial charge in [-0.1, -0.05) is 40.5 Å². The molecule has 0 aliphatic rings. The van der Waals surface area contributed by atoms with Crippen molar-refractivity contribution in [3.8, 4) is 0 Å². The zero-order valence-corrected chi connectivity index (χ0v) is 17.8. The largest absolute Gasteiger partial charge is 0.345 e. The van der Waals surface area contributed by atoms with Crippen LogP contribution in [0.2, 0.25) is 0 Å². The van der Waals surface area contributed by atoms with Crippen LogP contribution in [0.5, 0.6) is 0 Å². The Kier molecular flexibility index (Phi) is 11.0. The topological polar surface area (TPSA) is 71.1 Å². The van der Waals surface area contributed by atoms with Crippen LogP contribution in [0.25, 0.3) is 0 Å². The lowest BCUT2D eigenvalue weighted by atomic mass is 9.94. The molecule has 6 nitrogen and oxygen atoms in total. The lowest BCUT2D eigenvalue weighted by molar-refractivity contribution is -0.343. The fraction of sp³-hybridized carbons (Fsp3) is 0.900. The second kappa shape index (κ2) is 11.5. The zero-order chi connectivity index (χ0) is 20.4. The molecule has 0 radical (unpaired) electrons. The molecule has 0 aliphatic carbocycles. The molecule has 0 bridgehead atoms. The van der Waals surface area contributed by atoms with Crippen molar-refractivity contribution in [1.82, 2.24) is 0 Å².